The number of hydrogen-bond donors (Lipinski definition) is 0. The van der Waals surface area contributed by atoms with E-state index in [1.54, 1.807) is 6.26 Å². The van der Waals surface area contributed by atoms with Crippen molar-refractivity contribution in [1.82, 2.24) is 19.4 Å². The van der Waals surface area contributed by atoms with Gasteiger partial charge in [-0.15, -0.1) is 0 Å². The minimum atomic E-state index is 0.487. The van der Waals surface area contributed by atoms with Crippen LogP contribution in [0, 0.1) is 5.92 Å². The first-order valence-corrected chi connectivity index (χ1v) is 9.40. The SMILES string of the molecule is c1cn2c(n1)CN(Cc1ccoc1)CC(COCCN1CCCC1)C2. The summed E-state index contributed by atoms with van der Waals surface area (Å²) in [6, 6.07) is 2.04. The third-order valence-corrected chi connectivity index (χ3v) is 5.23. The molecule has 2 aromatic heterocycles. The van der Waals surface area contributed by atoms with Crippen molar-refractivity contribution in [3.05, 3.63) is 42.4 Å². The molecule has 4 rings (SSSR count). The average Bonchev–Trinajstić information content (AvgIpc) is 3.35. The number of furan rings is 1. The molecule has 0 spiro atoms. The van der Waals surface area contributed by atoms with Crippen LogP contribution in [0.25, 0.3) is 0 Å². The highest BCUT2D eigenvalue weighted by Crippen LogP contribution is 2.18. The highest BCUT2D eigenvalue weighted by Gasteiger charge is 2.23. The molecule has 0 N–H and O–H groups in total. The van der Waals surface area contributed by atoms with E-state index in [2.05, 4.69) is 25.5 Å². The molecule has 4 heterocycles. The van der Waals surface area contributed by atoms with Crippen molar-refractivity contribution in [2.24, 2.45) is 5.92 Å². The summed E-state index contributed by atoms with van der Waals surface area (Å²) in [4.78, 5) is 9.49. The largest absolute Gasteiger partial charge is 0.472 e. The molecule has 0 amide bonds. The van der Waals surface area contributed by atoms with Crippen molar-refractivity contribution < 1.29 is 9.15 Å². The van der Waals surface area contributed by atoms with Gasteiger partial charge in [-0.05, 0) is 32.0 Å². The van der Waals surface area contributed by atoms with Crippen LogP contribution in [-0.2, 0) is 24.4 Å². The quantitative estimate of drug-likeness (QED) is 0.721. The van der Waals surface area contributed by atoms with E-state index < -0.39 is 0 Å². The second-order valence-electron chi connectivity index (χ2n) is 7.29. The molecule has 1 fully saturated rings. The Morgan fingerprint density at radius 1 is 1.20 bits per heavy atom. The van der Waals surface area contributed by atoms with Crippen molar-refractivity contribution >= 4 is 0 Å². The van der Waals surface area contributed by atoms with Crippen LogP contribution in [0.1, 0.15) is 24.2 Å². The maximum atomic E-state index is 6.05. The molecule has 1 unspecified atom stereocenters. The molecule has 2 aliphatic heterocycles. The molecule has 1 atom stereocenters. The van der Waals surface area contributed by atoms with Gasteiger partial charge in [0.15, 0.2) is 0 Å². The Morgan fingerprint density at radius 3 is 2.96 bits per heavy atom. The molecule has 25 heavy (non-hydrogen) atoms. The Hall–Kier alpha value is -1.63. The zero-order valence-corrected chi connectivity index (χ0v) is 14.8. The summed E-state index contributed by atoms with van der Waals surface area (Å²) in [7, 11) is 0. The zero-order valence-electron chi connectivity index (χ0n) is 14.8. The van der Waals surface area contributed by atoms with Gasteiger partial charge in [-0.2, -0.15) is 0 Å². The number of hydrogen-bond acceptors (Lipinski definition) is 5. The van der Waals surface area contributed by atoms with Crippen LogP contribution in [-0.4, -0.2) is 58.7 Å². The standard InChI is InChI=1S/C19H28N4O2/c1-2-6-21(5-1)8-10-25-16-18-12-22(11-17-3-9-24-15-17)14-19-20-4-7-23(19)13-18/h3-4,7,9,15,18H,1-2,5-6,8,10-14,16H2. The molecule has 1 saturated heterocycles. The molecular formula is C19H28N4O2. The Kier molecular flexibility index (Phi) is 5.49. The minimum absolute atomic E-state index is 0.487. The number of likely N-dealkylation sites (tertiary alicyclic amines) is 1. The van der Waals surface area contributed by atoms with Gasteiger partial charge in [0.05, 0.1) is 32.3 Å². The summed E-state index contributed by atoms with van der Waals surface area (Å²) in [6.45, 7) is 8.99. The summed E-state index contributed by atoms with van der Waals surface area (Å²) in [5.74, 6) is 1.63. The highest BCUT2D eigenvalue weighted by atomic mass is 16.5. The molecular weight excluding hydrogens is 316 g/mol. The van der Waals surface area contributed by atoms with E-state index in [9.17, 15) is 0 Å². The van der Waals surface area contributed by atoms with Crippen molar-refractivity contribution in [3.8, 4) is 0 Å². The monoisotopic (exact) mass is 344 g/mol. The van der Waals surface area contributed by atoms with E-state index >= 15 is 0 Å². The van der Waals surface area contributed by atoms with Crippen LogP contribution in [0.4, 0.5) is 0 Å². The predicted molar refractivity (Wildman–Crippen MR) is 95.0 cm³/mol. The van der Waals surface area contributed by atoms with E-state index in [0.717, 1.165) is 51.8 Å². The summed E-state index contributed by atoms with van der Waals surface area (Å²) in [6.07, 6.45) is 10.3. The van der Waals surface area contributed by atoms with Crippen molar-refractivity contribution in [1.29, 1.82) is 0 Å². The molecule has 0 bridgehead atoms. The van der Waals surface area contributed by atoms with Gasteiger partial charge in [-0.1, -0.05) is 0 Å². The van der Waals surface area contributed by atoms with Crippen molar-refractivity contribution in [2.75, 3.05) is 39.4 Å². The van der Waals surface area contributed by atoms with Crippen molar-refractivity contribution in [2.45, 2.75) is 32.5 Å². The van der Waals surface area contributed by atoms with Crippen LogP contribution < -0.4 is 0 Å². The Bertz CT molecular complexity index is 634. The topological polar surface area (TPSA) is 46.7 Å². The fourth-order valence-electron chi connectivity index (χ4n) is 3.94. The van der Waals surface area contributed by atoms with E-state index in [-0.39, 0.29) is 0 Å². The highest BCUT2D eigenvalue weighted by molar-refractivity contribution is 5.06. The molecule has 0 aromatic carbocycles. The van der Waals surface area contributed by atoms with E-state index in [4.69, 9.17) is 9.15 Å². The number of imidazole rings is 1. The van der Waals surface area contributed by atoms with Crippen LogP contribution >= 0.6 is 0 Å². The zero-order chi connectivity index (χ0) is 16.9. The molecule has 2 aliphatic rings. The first kappa shape index (κ1) is 16.8. The van der Waals surface area contributed by atoms with Gasteiger partial charge in [0.2, 0.25) is 0 Å². The van der Waals surface area contributed by atoms with Crippen molar-refractivity contribution in [3.63, 3.8) is 0 Å². The first-order chi connectivity index (χ1) is 12.4. The molecule has 6 heteroatoms. The molecule has 0 aliphatic carbocycles. The Labute approximate surface area is 149 Å². The molecule has 2 aromatic rings. The second kappa shape index (κ2) is 8.17. The van der Waals surface area contributed by atoms with Crippen LogP contribution in [0.3, 0.4) is 0 Å². The van der Waals surface area contributed by atoms with Crippen LogP contribution in [0.15, 0.2) is 35.4 Å². The average molecular weight is 344 g/mol. The number of aromatic nitrogens is 2. The second-order valence-corrected chi connectivity index (χ2v) is 7.29. The molecule has 6 nitrogen and oxygen atoms in total. The lowest BCUT2D eigenvalue weighted by Gasteiger charge is -2.23. The van der Waals surface area contributed by atoms with Gasteiger partial charge in [0, 0.05) is 50.1 Å². The maximum absolute atomic E-state index is 6.05. The fourth-order valence-corrected chi connectivity index (χ4v) is 3.94. The van der Waals surface area contributed by atoms with Crippen LogP contribution in [0.2, 0.25) is 0 Å². The summed E-state index contributed by atoms with van der Waals surface area (Å²) in [5, 5.41) is 0. The predicted octanol–water partition coefficient (Wildman–Crippen LogP) is 2.22. The number of ether oxygens (including phenoxy) is 1. The Balaban J connectivity index is 1.32. The van der Waals surface area contributed by atoms with Gasteiger partial charge in [0.1, 0.15) is 5.82 Å². The van der Waals surface area contributed by atoms with Gasteiger partial charge in [0.25, 0.3) is 0 Å². The molecule has 0 saturated carbocycles. The normalized spacial score (nSPS) is 22.2. The van der Waals surface area contributed by atoms with Gasteiger partial charge >= 0.3 is 0 Å². The lowest BCUT2D eigenvalue weighted by Crippen LogP contribution is -2.31. The maximum Gasteiger partial charge on any atom is 0.122 e. The lowest BCUT2D eigenvalue weighted by molar-refractivity contribution is 0.0647. The van der Waals surface area contributed by atoms with E-state index in [0.29, 0.717) is 5.92 Å². The summed E-state index contributed by atoms with van der Waals surface area (Å²) >= 11 is 0. The lowest BCUT2D eigenvalue weighted by atomic mass is 10.1. The Morgan fingerprint density at radius 2 is 2.12 bits per heavy atom. The molecule has 136 valence electrons. The first-order valence-electron chi connectivity index (χ1n) is 9.40. The number of fused-ring (bicyclic) bond motifs is 1. The summed E-state index contributed by atoms with van der Waals surface area (Å²) in [5.41, 5.74) is 1.22. The molecule has 0 radical (unpaired) electrons. The summed E-state index contributed by atoms with van der Waals surface area (Å²) < 4.78 is 13.5. The van der Waals surface area contributed by atoms with Gasteiger partial charge in [-0.25, -0.2) is 4.98 Å². The third kappa shape index (κ3) is 4.51. The van der Waals surface area contributed by atoms with E-state index in [1.165, 1.54) is 31.5 Å². The van der Waals surface area contributed by atoms with Gasteiger partial charge < -0.3 is 18.6 Å². The fraction of sp³-hybridized carbons (Fsp3) is 0.632. The third-order valence-electron chi connectivity index (χ3n) is 5.23. The number of nitrogens with zero attached hydrogens (tertiary/aromatic N) is 4. The van der Waals surface area contributed by atoms with Crippen LogP contribution in [0.5, 0.6) is 0 Å². The minimum Gasteiger partial charge on any atom is -0.472 e. The van der Waals surface area contributed by atoms with E-state index in [1.807, 2.05) is 18.5 Å². The van der Waals surface area contributed by atoms with Gasteiger partial charge in [-0.3, -0.25) is 4.90 Å². The number of rotatable bonds is 7. The smallest absolute Gasteiger partial charge is 0.122 e.